The van der Waals surface area contributed by atoms with Crippen LogP contribution in [0.15, 0.2) is 12.1 Å². The van der Waals surface area contributed by atoms with Gasteiger partial charge in [-0.25, -0.2) is 4.98 Å². The first-order valence-electron chi connectivity index (χ1n) is 6.27. The first-order valence-corrected chi connectivity index (χ1v) is 6.27. The van der Waals surface area contributed by atoms with E-state index in [2.05, 4.69) is 29.5 Å². The Balaban J connectivity index is 2.17. The van der Waals surface area contributed by atoms with E-state index in [-0.39, 0.29) is 5.69 Å². The van der Waals surface area contributed by atoms with Gasteiger partial charge < -0.3 is 10.6 Å². The normalized spacial score (nSPS) is 21.4. The average molecular weight is 250 g/mol. The van der Waals surface area contributed by atoms with Crippen LogP contribution in [0.3, 0.4) is 0 Å². The number of pyridine rings is 1. The SMILES string of the molecule is CCCNc1ccc([N+](=O)[O-])c(NC2CC2C)n1. The number of aromatic nitrogens is 1. The average Bonchev–Trinajstić information content (AvgIpc) is 3.02. The van der Waals surface area contributed by atoms with Crippen LogP contribution < -0.4 is 10.6 Å². The highest BCUT2D eigenvalue weighted by atomic mass is 16.6. The van der Waals surface area contributed by atoms with Crippen molar-refractivity contribution in [1.29, 1.82) is 0 Å². The molecule has 98 valence electrons. The van der Waals surface area contributed by atoms with E-state index in [0.717, 1.165) is 19.4 Å². The Morgan fingerprint density at radius 3 is 2.83 bits per heavy atom. The fraction of sp³-hybridized carbons (Fsp3) is 0.583. The van der Waals surface area contributed by atoms with Gasteiger partial charge in [0.15, 0.2) is 0 Å². The minimum absolute atomic E-state index is 0.0381. The predicted molar refractivity (Wildman–Crippen MR) is 70.9 cm³/mol. The van der Waals surface area contributed by atoms with Crippen LogP contribution >= 0.6 is 0 Å². The molecule has 6 nitrogen and oxygen atoms in total. The van der Waals surface area contributed by atoms with Gasteiger partial charge in [-0.2, -0.15) is 0 Å². The number of anilines is 2. The molecule has 1 heterocycles. The molecular formula is C12H18N4O2. The highest BCUT2D eigenvalue weighted by molar-refractivity contribution is 5.61. The van der Waals surface area contributed by atoms with Crippen LogP contribution in [-0.4, -0.2) is 22.5 Å². The molecule has 0 amide bonds. The summed E-state index contributed by atoms with van der Waals surface area (Å²) in [4.78, 5) is 14.8. The minimum Gasteiger partial charge on any atom is -0.370 e. The van der Waals surface area contributed by atoms with Crippen molar-refractivity contribution < 1.29 is 4.92 Å². The second-order valence-electron chi connectivity index (χ2n) is 4.71. The molecular weight excluding hydrogens is 232 g/mol. The van der Waals surface area contributed by atoms with Gasteiger partial charge in [0.1, 0.15) is 5.82 Å². The third-order valence-electron chi connectivity index (χ3n) is 3.06. The van der Waals surface area contributed by atoms with Crippen molar-refractivity contribution in [2.75, 3.05) is 17.2 Å². The first-order chi connectivity index (χ1) is 8.61. The third-order valence-corrected chi connectivity index (χ3v) is 3.06. The molecule has 18 heavy (non-hydrogen) atoms. The molecule has 2 atom stereocenters. The molecule has 1 saturated carbocycles. The second-order valence-corrected chi connectivity index (χ2v) is 4.71. The Bertz CT molecular complexity index is 450. The molecule has 1 aliphatic rings. The molecule has 0 saturated heterocycles. The molecule has 2 rings (SSSR count). The van der Waals surface area contributed by atoms with Crippen LogP contribution in [-0.2, 0) is 0 Å². The van der Waals surface area contributed by atoms with Crippen molar-refractivity contribution in [2.45, 2.75) is 32.7 Å². The van der Waals surface area contributed by atoms with Crippen LogP contribution in [0.4, 0.5) is 17.3 Å². The van der Waals surface area contributed by atoms with Gasteiger partial charge in [-0.1, -0.05) is 13.8 Å². The van der Waals surface area contributed by atoms with Gasteiger partial charge in [0, 0.05) is 18.7 Å². The summed E-state index contributed by atoms with van der Waals surface area (Å²) >= 11 is 0. The molecule has 1 aliphatic carbocycles. The van der Waals surface area contributed by atoms with E-state index in [0.29, 0.717) is 23.6 Å². The van der Waals surface area contributed by atoms with Gasteiger partial charge in [0.2, 0.25) is 5.82 Å². The number of nitrogens with zero attached hydrogens (tertiary/aromatic N) is 2. The third kappa shape index (κ3) is 2.88. The van der Waals surface area contributed by atoms with Gasteiger partial charge in [-0.15, -0.1) is 0 Å². The number of hydrogen-bond donors (Lipinski definition) is 2. The van der Waals surface area contributed by atoms with Crippen molar-refractivity contribution in [3.05, 3.63) is 22.2 Å². The van der Waals surface area contributed by atoms with E-state index in [1.54, 1.807) is 6.07 Å². The van der Waals surface area contributed by atoms with Crippen LogP contribution in [0.5, 0.6) is 0 Å². The Morgan fingerprint density at radius 2 is 2.28 bits per heavy atom. The van der Waals surface area contributed by atoms with Crippen LogP contribution in [0.1, 0.15) is 26.7 Å². The lowest BCUT2D eigenvalue weighted by Gasteiger charge is -2.08. The Labute approximate surface area is 106 Å². The van der Waals surface area contributed by atoms with Crippen molar-refractivity contribution in [3.63, 3.8) is 0 Å². The summed E-state index contributed by atoms with van der Waals surface area (Å²) in [7, 11) is 0. The molecule has 1 aromatic heterocycles. The zero-order valence-electron chi connectivity index (χ0n) is 10.6. The van der Waals surface area contributed by atoms with Crippen LogP contribution in [0, 0.1) is 16.0 Å². The number of nitrogens with one attached hydrogen (secondary N) is 2. The Morgan fingerprint density at radius 1 is 1.56 bits per heavy atom. The lowest BCUT2D eigenvalue weighted by atomic mass is 10.3. The molecule has 6 heteroatoms. The van der Waals surface area contributed by atoms with E-state index in [4.69, 9.17) is 0 Å². The highest BCUT2D eigenvalue weighted by Crippen LogP contribution is 2.35. The highest BCUT2D eigenvalue weighted by Gasteiger charge is 2.34. The van der Waals surface area contributed by atoms with Crippen LogP contribution in [0.2, 0.25) is 0 Å². The van der Waals surface area contributed by atoms with Crippen molar-refractivity contribution in [1.82, 2.24) is 4.98 Å². The standard InChI is InChI=1S/C12H18N4O2/c1-3-6-13-11-5-4-10(16(17)18)12(15-11)14-9-7-8(9)2/h4-5,8-9H,3,6-7H2,1-2H3,(H2,13,14,15). The van der Waals surface area contributed by atoms with Gasteiger partial charge in [-0.3, -0.25) is 10.1 Å². The summed E-state index contributed by atoms with van der Waals surface area (Å²) < 4.78 is 0. The summed E-state index contributed by atoms with van der Waals surface area (Å²) in [6.45, 7) is 4.98. The maximum Gasteiger partial charge on any atom is 0.311 e. The summed E-state index contributed by atoms with van der Waals surface area (Å²) in [5.41, 5.74) is 0.0381. The second kappa shape index (κ2) is 5.20. The molecule has 1 aromatic rings. The number of rotatable bonds is 6. The largest absolute Gasteiger partial charge is 0.370 e. The van der Waals surface area contributed by atoms with Crippen LogP contribution in [0.25, 0.3) is 0 Å². The van der Waals surface area contributed by atoms with E-state index < -0.39 is 4.92 Å². The molecule has 0 radical (unpaired) electrons. The van der Waals surface area contributed by atoms with Gasteiger partial charge in [0.25, 0.3) is 0 Å². The molecule has 0 aliphatic heterocycles. The van der Waals surface area contributed by atoms with Crippen molar-refractivity contribution >= 4 is 17.3 Å². The summed E-state index contributed by atoms with van der Waals surface area (Å²) in [5.74, 6) is 1.62. The number of nitro groups is 1. The zero-order chi connectivity index (χ0) is 13.1. The molecule has 0 spiro atoms. The van der Waals surface area contributed by atoms with E-state index in [1.165, 1.54) is 6.07 Å². The summed E-state index contributed by atoms with van der Waals surface area (Å²) in [5, 5.41) is 17.2. The number of hydrogen-bond acceptors (Lipinski definition) is 5. The monoisotopic (exact) mass is 250 g/mol. The topological polar surface area (TPSA) is 80.1 Å². The summed E-state index contributed by atoms with van der Waals surface area (Å²) in [6.07, 6.45) is 2.03. The molecule has 1 fully saturated rings. The lowest BCUT2D eigenvalue weighted by molar-refractivity contribution is -0.384. The predicted octanol–water partition coefficient (Wildman–Crippen LogP) is 2.63. The Kier molecular flexibility index (Phi) is 3.64. The fourth-order valence-corrected chi connectivity index (χ4v) is 1.76. The zero-order valence-corrected chi connectivity index (χ0v) is 10.6. The smallest absolute Gasteiger partial charge is 0.311 e. The van der Waals surface area contributed by atoms with E-state index in [9.17, 15) is 10.1 Å². The van der Waals surface area contributed by atoms with Gasteiger partial charge in [-0.05, 0) is 24.8 Å². The quantitative estimate of drug-likeness (QED) is 0.599. The maximum atomic E-state index is 10.9. The van der Waals surface area contributed by atoms with Crippen molar-refractivity contribution in [3.8, 4) is 0 Å². The van der Waals surface area contributed by atoms with E-state index >= 15 is 0 Å². The molecule has 2 N–H and O–H groups in total. The molecule has 0 aromatic carbocycles. The summed E-state index contributed by atoms with van der Waals surface area (Å²) in [6, 6.07) is 3.47. The maximum absolute atomic E-state index is 10.9. The van der Waals surface area contributed by atoms with Crippen molar-refractivity contribution in [2.24, 2.45) is 5.92 Å². The Hall–Kier alpha value is -1.85. The lowest BCUT2D eigenvalue weighted by Crippen LogP contribution is -2.10. The fourth-order valence-electron chi connectivity index (χ4n) is 1.76. The van der Waals surface area contributed by atoms with E-state index in [1.807, 2.05) is 0 Å². The van der Waals surface area contributed by atoms with Gasteiger partial charge >= 0.3 is 5.69 Å². The first kappa shape index (κ1) is 12.6. The van der Waals surface area contributed by atoms with Gasteiger partial charge in [0.05, 0.1) is 4.92 Å². The molecule has 2 unspecified atom stereocenters. The minimum atomic E-state index is -0.397. The molecule has 0 bridgehead atoms.